The molecule has 2 aromatic carbocycles. The zero-order valence-electron chi connectivity index (χ0n) is 14.4. The van der Waals surface area contributed by atoms with Crippen molar-refractivity contribution in [2.24, 2.45) is 12.0 Å². The van der Waals surface area contributed by atoms with E-state index in [9.17, 15) is 4.79 Å². The van der Waals surface area contributed by atoms with Crippen molar-refractivity contribution < 1.29 is 9.53 Å². The number of anilines is 1. The second-order valence-electron chi connectivity index (χ2n) is 5.61. The highest BCUT2D eigenvalue weighted by atomic mass is 35.5. The predicted molar refractivity (Wildman–Crippen MR) is 105 cm³/mol. The molecular weight excluding hydrogens is 370 g/mol. The maximum atomic E-state index is 12.3. The number of thiazole rings is 1. The van der Waals surface area contributed by atoms with E-state index in [1.807, 2.05) is 41.3 Å². The minimum Gasteiger partial charge on any atom is -0.497 e. The number of methoxy groups -OCH3 is 1. The Morgan fingerprint density at radius 2 is 1.88 bits per heavy atom. The molecular formula is C19H18ClN3O2S. The standard InChI is InChI=1S/C19H18ClN3O2S/c1-23-16(11-18(24)21-14-5-3-13(20)4-6-14)12-26-19(23)22-15-7-9-17(25-2)10-8-15/h3-10,12H,11H2,1-2H3,(H,21,24). The monoisotopic (exact) mass is 387 g/mol. The summed E-state index contributed by atoms with van der Waals surface area (Å²) in [6, 6.07) is 14.6. The fourth-order valence-corrected chi connectivity index (χ4v) is 3.38. The van der Waals surface area contributed by atoms with E-state index < -0.39 is 0 Å². The lowest BCUT2D eigenvalue weighted by molar-refractivity contribution is -0.115. The minimum atomic E-state index is -0.0864. The third-order valence-corrected chi connectivity index (χ3v) is 5.00. The van der Waals surface area contributed by atoms with Gasteiger partial charge < -0.3 is 14.6 Å². The molecule has 134 valence electrons. The van der Waals surface area contributed by atoms with E-state index in [1.165, 1.54) is 11.3 Å². The molecule has 3 rings (SSSR count). The summed E-state index contributed by atoms with van der Waals surface area (Å²) in [6.07, 6.45) is 0.272. The maximum Gasteiger partial charge on any atom is 0.230 e. The van der Waals surface area contributed by atoms with Crippen LogP contribution in [0, 0.1) is 0 Å². The van der Waals surface area contributed by atoms with E-state index in [0.29, 0.717) is 5.02 Å². The van der Waals surface area contributed by atoms with Gasteiger partial charge in [-0.2, -0.15) is 0 Å². The molecule has 7 heteroatoms. The second kappa shape index (κ2) is 8.21. The van der Waals surface area contributed by atoms with Crippen LogP contribution in [-0.2, 0) is 18.3 Å². The smallest absolute Gasteiger partial charge is 0.230 e. The zero-order chi connectivity index (χ0) is 18.5. The van der Waals surface area contributed by atoms with Crippen LogP contribution in [0.15, 0.2) is 58.9 Å². The third-order valence-electron chi connectivity index (χ3n) is 3.78. The zero-order valence-corrected chi connectivity index (χ0v) is 16.0. The van der Waals surface area contributed by atoms with Crippen molar-refractivity contribution in [3.63, 3.8) is 0 Å². The number of benzene rings is 2. The third kappa shape index (κ3) is 4.53. The lowest BCUT2D eigenvalue weighted by Crippen LogP contribution is -2.19. The molecule has 26 heavy (non-hydrogen) atoms. The minimum absolute atomic E-state index is 0.0864. The average molecular weight is 388 g/mol. The molecule has 1 N–H and O–H groups in total. The van der Waals surface area contributed by atoms with Crippen molar-refractivity contribution in [3.8, 4) is 5.75 Å². The number of carbonyl (C=O) groups excluding carboxylic acids is 1. The molecule has 1 aromatic heterocycles. The van der Waals surface area contributed by atoms with Gasteiger partial charge in [0, 0.05) is 28.8 Å². The first-order valence-electron chi connectivity index (χ1n) is 7.93. The Morgan fingerprint density at radius 3 is 2.54 bits per heavy atom. The number of hydrogen-bond donors (Lipinski definition) is 1. The van der Waals surface area contributed by atoms with Crippen LogP contribution in [0.25, 0.3) is 0 Å². The molecule has 1 heterocycles. The molecule has 0 atom stereocenters. The highest BCUT2D eigenvalue weighted by Gasteiger charge is 2.09. The molecule has 0 saturated heterocycles. The molecule has 3 aromatic rings. The highest BCUT2D eigenvalue weighted by molar-refractivity contribution is 7.07. The van der Waals surface area contributed by atoms with Crippen molar-refractivity contribution in [3.05, 3.63) is 69.4 Å². The first kappa shape index (κ1) is 18.2. The molecule has 0 aliphatic heterocycles. The molecule has 5 nitrogen and oxygen atoms in total. The molecule has 0 unspecified atom stereocenters. The van der Waals surface area contributed by atoms with Crippen LogP contribution in [-0.4, -0.2) is 17.6 Å². The normalized spacial score (nSPS) is 11.4. The number of nitrogens with one attached hydrogen (secondary N) is 1. The Balaban J connectivity index is 1.72. The first-order chi connectivity index (χ1) is 12.5. The number of hydrogen-bond acceptors (Lipinski definition) is 4. The van der Waals surface area contributed by atoms with Gasteiger partial charge in [-0.15, -0.1) is 11.3 Å². The van der Waals surface area contributed by atoms with Gasteiger partial charge in [0.2, 0.25) is 5.91 Å². The van der Waals surface area contributed by atoms with Crippen LogP contribution in [0.5, 0.6) is 5.75 Å². The van der Waals surface area contributed by atoms with E-state index in [-0.39, 0.29) is 12.3 Å². The lowest BCUT2D eigenvalue weighted by Gasteiger charge is -2.06. The number of ether oxygens (including phenoxy) is 1. The number of rotatable bonds is 5. The van der Waals surface area contributed by atoms with Crippen molar-refractivity contribution in [2.75, 3.05) is 12.4 Å². The topological polar surface area (TPSA) is 55.6 Å². The average Bonchev–Trinajstić information content (AvgIpc) is 2.97. The quantitative estimate of drug-likeness (QED) is 0.714. The summed E-state index contributed by atoms with van der Waals surface area (Å²) in [5, 5.41) is 5.45. The van der Waals surface area contributed by atoms with Crippen molar-refractivity contribution >= 4 is 40.2 Å². The van der Waals surface area contributed by atoms with E-state index in [4.69, 9.17) is 16.3 Å². The highest BCUT2D eigenvalue weighted by Crippen LogP contribution is 2.17. The Kier molecular flexibility index (Phi) is 5.75. The van der Waals surface area contributed by atoms with Crippen LogP contribution in [0.1, 0.15) is 5.69 Å². The molecule has 0 aliphatic rings. The van der Waals surface area contributed by atoms with E-state index >= 15 is 0 Å². The number of aromatic nitrogens is 1. The van der Waals surface area contributed by atoms with Crippen LogP contribution < -0.4 is 14.9 Å². The molecule has 1 amide bonds. The summed E-state index contributed by atoms with van der Waals surface area (Å²) in [7, 11) is 3.54. The van der Waals surface area contributed by atoms with Gasteiger partial charge in [-0.3, -0.25) is 4.79 Å². The summed E-state index contributed by atoms with van der Waals surface area (Å²) in [4.78, 5) is 17.7. The van der Waals surface area contributed by atoms with Crippen molar-refractivity contribution in [2.45, 2.75) is 6.42 Å². The summed E-state index contributed by atoms with van der Waals surface area (Å²) in [5.74, 6) is 0.704. The SMILES string of the molecule is COc1ccc(N=c2scc(CC(=O)Nc3ccc(Cl)cc3)n2C)cc1. The van der Waals surface area contributed by atoms with Gasteiger partial charge in [-0.1, -0.05) is 11.6 Å². The fraction of sp³-hybridized carbons (Fsp3) is 0.158. The number of nitrogens with zero attached hydrogens (tertiary/aromatic N) is 2. The van der Waals surface area contributed by atoms with Gasteiger partial charge in [0.25, 0.3) is 0 Å². The summed E-state index contributed by atoms with van der Waals surface area (Å²) >= 11 is 7.35. The van der Waals surface area contributed by atoms with Gasteiger partial charge in [0.1, 0.15) is 5.75 Å². The van der Waals surface area contributed by atoms with Gasteiger partial charge in [0.05, 0.1) is 19.2 Å². The van der Waals surface area contributed by atoms with Crippen LogP contribution in [0.4, 0.5) is 11.4 Å². The fourth-order valence-electron chi connectivity index (χ4n) is 2.33. The second-order valence-corrected chi connectivity index (χ2v) is 6.88. The largest absolute Gasteiger partial charge is 0.497 e. The molecule has 0 spiro atoms. The summed E-state index contributed by atoms with van der Waals surface area (Å²) in [5.41, 5.74) is 2.45. The number of halogens is 1. The van der Waals surface area contributed by atoms with Gasteiger partial charge in [-0.25, -0.2) is 4.99 Å². The van der Waals surface area contributed by atoms with Crippen molar-refractivity contribution in [1.82, 2.24) is 4.57 Å². The number of carbonyl (C=O) groups is 1. The molecule has 0 radical (unpaired) electrons. The Hall–Kier alpha value is -2.57. The Labute approximate surface area is 160 Å². The van der Waals surface area contributed by atoms with Crippen molar-refractivity contribution in [1.29, 1.82) is 0 Å². The maximum absolute atomic E-state index is 12.3. The Morgan fingerprint density at radius 1 is 1.19 bits per heavy atom. The number of amides is 1. The van der Waals surface area contributed by atoms with Gasteiger partial charge >= 0.3 is 0 Å². The summed E-state index contributed by atoms with van der Waals surface area (Å²) in [6.45, 7) is 0. The van der Waals surface area contributed by atoms with Gasteiger partial charge in [0.15, 0.2) is 4.80 Å². The lowest BCUT2D eigenvalue weighted by atomic mass is 10.3. The van der Waals surface area contributed by atoms with Crippen LogP contribution >= 0.6 is 22.9 Å². The van der Waals surface area contributed by atoms with Crippen LogP contribution in [0.2, 0.25) is 5.02 Å². The van der Waals surface area contributed by atoms with Gasteiger partial charge in [-0.05, 0) is 48.5 Å². The first-order valence-corrected chi connectivity index (χ1v) is 9.18. The molecule has 0 bridgehead atoms. The molecule has 0 saturated carbocycles. The molecule has 0 aliphatic carbocycles. The molecule has 0 fully saturated rings. The summed E-state index contributed by atoms with van der Waals surface area (Å²) < 4.78 is 7.08. The van der Waals surface area contributed by atoms with Crippen LogP contribution in [0.3, 0.4) is 0 Å². The predicted octanol–water partition coefficient (Wildman–Crippen LogP) is 4.16. The van der Waals surface area contributed by atoms with E-state index in [0.717, 1.165) is 27.6 Å². The van der Waals surface area contributed by atoms with E-state index in [1.54, 1.807) is 31.4 Å². The Bertz CT molecular complexity index is 960. The van der Waals surface area contributed by atoms with E-state index in [2.05, 4.69) is 10.3 Å².